The highest BCUT2D eigenvalue weighted by atomic mass is 16.5. The van der Waals surface area contributed by atoms with E-state index in [-0.39, 0.29) is 5.75 Å². The van der Waals surface area contributed by atoms with E-state index in [0.717, 1.165) is 6.42 Å². The average molecular weight is 264 g/mol. The van der Waals surface area contributed by atoms with E-state index in [1.807, 2.05) is 6.92 Å². The molecule has 1 heterocycles. The molecule has 0 atom stereocenters. The number of hydrogen-bond donors (Lipinski definition) is 1. The van der Waals surface area contributed by atoms with Crippen LogP contribution in [0.5, 0.6) is 11.5 Å². The van der Waals surface area contributed by atoms with Crippen LogP contribution in [0, 0.1) is 0 Å². The molecule has 0 spiro atoms. The highest BCUT2D eigenvalue weighted by molar-refractivity contribution is 5.59. The molecule has 102 valence electrons. The molecule has 19 heavy (non-hydrogen) atoms. The molecule has 0 radical (unpaired) electrons. The molecule has 0 aliphatic rings. The van der Waals surface area contributed by atoms with Gasteiger partial charge in [-0.25, -0.2) is 0 Å². The number of hydrogen-bond acceptors (Lipinski definition) is 6. The van der Waals surface area contributed by atoms with Crippen molar-refractivity contribution in [2.24, 2.45) is 0 Å². The number of nitrogens with zero attached hydrogens (tertiary/aromatic N) is 2. The summed E-state index contributed by atoms with van der Waals surface area (Å²) in [7, 11) is 1.48. The fourth-order valence-electron chi connectivity index (χ4n) is 1.55. The second kappa shape index (κ2) is 6.19. The van der Waals surface area contributed by atoms with Crippen LogP contribution in [0.25, 0.3) is 11.5 Å². The van der Waals surface area contributed by atoms with Gasteiger partial charge in [0.15, 0.2) is 17.3 Å². The third kappa shape index (κ3) is 3.23. The Balaban J connectivity index is 2.13. The summed E-state index contributed by atoms with van der Waals surface area (Å²) < 4.78 is 15.5. The summed E-state index contributed by atoms with van der Waals surface area (Å²) in [5.74, 6) is 1.29. The van der Waals surface area contributed by atoms with Gasteiger partial charge in [0.1, 0.15) is 6.61 Å². The number of rotatable bonds is 6. The number of benzene rings is 1. The molecule has 1 aromatic heterocycles. The molecule has 0 aliphatic carbocycles. The van der Waals surface area contributed by atoms with Crippen LogP contribution < -0.4 is 4.74 Å². The summed E-state index contributed by atoms with van der Waals surface area (Å²) in [5.41, 5.74) is 0.684. The van der Waals surface area contributed by atoms with Crippen LogP contribution in [0.15, 0.2) is 22.7 Å². The SMILES string of the molecule is CCCOCc1noc(-c2ccc(O)c(OC)c2)n1. The third-order valence-corrected chi connectivity index (χ3v) is 2.47. The molecular weight excluding hydrogens is 248 g/mol. The fraction of sp³-hybridized carbons (Fsp3) is 0.385. The molecule has 0 amide bonds. The molecule has 2 rings (SSSR count). The van der Waals surface area contributed by atoms with E-state index < -0.39 is 0 Å². The molecule has 0 aliphatic heterocycles. The van der Waals surface area contributed by atoms with Gasteiger partial charge in [0.25, 0.3) is 5.89 Å². The van der Waals surface area contributed by atoms with E-state index in [0.29, 0.717) is 36.2 Å². The summed E-state index contributed by atoms with van der Waals surface area (Å²) in [6, 6.07) is 4.84. The van der Waals surface area contributed by atoms with E-state index >= 15 is 0 Å². The van der Waals surface area contributed by atoms with Crippen molar-refractivity contribution in [1.82, 2.24) is 10.1 Å². The van der Waals surface area contributed by atoms with Crippen molar-refractivity contribution in [2.75, 3.05) is 13.7 Å². The van der Waals surface area contributed by atoms with Gasteiger partial charge in [-0.15, -0.1) is 0 Å². The number of methoxy groups -OCH3 is 1. The molecular formula is C13H16N2O4. The molecule has 6 heteroatoms. The molecule has 0 saturated heterocycles. The Labute approximate surface area is 111 Å². The molecule has 0 bridgehead atoms. The Bertz CT molecular complexity index is 539. The van der Waals surface area contributed by atoms with Gasteiger partial charge in [-0.05, 0) is 24.6 Å². The zero-order valence-electron chi connectivity index (χ0n) is 10.9. The highest BCUT2D eigenvalue weighted by Gasteiger charge is 2.11. The van der Waals surface area contributed by atoms with Gasteiger partial charge in [-0.1, -0.05) is 12.1 Å². The summed E-state index contributed by atoms with van der Waals surface area (Å²) in [5, 5.41) is 13.3. The van der Waals surface area contributed by atoms with Gasteiger partial charge in [0.05, 0.1) is 7.11 Å². The van der Waals surface area contributed by atoms with Crippen LogP contribution in [0.3, 0.4) is 0 Å². The first-order valence-corrected chi connectivity index (χ1v) is 6.02. The Morgan fingerprint density at radius 3 is 2.95 bits per heavy atom. The minimum atomic E-state index is 0.0669. The van der Waals surface area contributed by atoms with Crippen LogP contribution in [0.4, 0.5) is 0 Å². The van der Waals surface area contributed by atoms with Gasteiger partial charge in [-0.2, -0.15) is 4.98 Å². The van der Waals surface area contributed by atoms with Gasteiger partial charge < -0.3 is 19.1 Å². The van der Waals surface area contributed by atoms with Crippen molar-refractivity contribution in [3.63, 3.8) is 0 Å². The van der Waals surface area contributed by atoms with E-state index in [1.165, 1.54) is 13.2 Å². The van der Waals surface area contributed by atoms with E-state index in [2.05, 4.69) is 10.1 Å². The van der Waals surface area contributed by atoms with Crippen LogP contribution >= 0.6 is 0 Å². The van der Waals surface area contributed by atoms with Crippen LogP contribution in [-0.4, -0.2) is 29.0 Å². The monoisotopic (exact) mass is 264 g/mol. The van der Waals surface area contributed by atoms with Gasteiger partial charge in [-0.3, -0.25) is 0 Å². The van der Waals surface area contributed by atoms with Crippen molar-refractivity contribution < 1.29 is 19.1 Å². The van der Waals surface area contributed by atoms with Gasteiger partial charge in [0.2, 0.25) is 0 Å². The maximum atomic E-state index is 9.52. The quantitative estimate of drug-likeness (QED) is 0.807. The summed E-state index contributed by atoms with van der Waals surface area (Å²) in [6.07, 6.45) is 0.944. The standard InChI is InChI=1S/C13H16N2O4/c1-3-6-18-8-12-14-13(19-15-12)9-4-5-10(16)11(7-9)17-2/h4-5,7,16H,3,6,8H2,1-2H3. The second-order valence-electron chi connectivity index (χ2n) is 3.95. The number of phenols is 1. The number of aromatic nitrogens is 2. The molecule has 0 fully saturated rings. The van der Waals surface area contributed by atoms with Crippen molar-refractivity contribution in [1.29, 1.82) is 0 Å². The summed E-state index contributed by atoms with van der Waals surface area (Å²) in [4.78, 5) is 4.22. The first-order valence-electron chi connectivity index (χ1n) is 6.02. The predicted molar refractivity (Wildman–Crippen MR) is 67.9 cm³/mol. The zero-order chi connectivity index (χ0) is 13.7. The second-order valence-corrected chi connectivity index (χ2v) is 3.95. The van der Waals surface area contributed by atoms with E-state index in [1.54, 1.807) is 12.1 Å². The van der Waals surface area contributed by atoms with E-state index in [4.69, 9.17) is 14.0 Å². The Hall–Kier alpha value is -2.08. The van der Waals surface area contributed by atoms with E-state index in [9.17, 15) is 5.11 Å². The first kappa shape index (κ1) is 13.4. The van der Waals surface area contributed by atoms with Gasteiger partial charge >= 0.3 is 0 Å². The van der Waals surface area contributed by atoms with Crippen molar-refractivity contribution >= 4 is 0 Å². The Kier molecular flexibility index (Phi) is 4.35. The summed E-state index contributed by atoms with van der Waals surface area (Å²) in [6.45, 7) is 3.02. The zero-order valence-corrected chi connectivity index (χ0v) is 10.9. The molecule has 1 N–H and O–H groups in total. The lowest BCUT2D eigenvalue weighted by atomic mass is 10.2. The molecule has 0 unspecified atom stereocenters. The van der Waals surface area contributed by atoms with Crippen molar-refractivity contribution in [3.8, 4) is 23.0 Å². The third-order valence-electron chi connectivity index (χ3n) is 2.47. The molecule has 0 saturated carbocycles. The van der Waals surface area contributed by atoms with Gasteiger partial charge in [0, 0.05) is 12.2 Å². The largest absolute Gasteiger partial charge is 0.504 e. The molecule has 2 aromatic rings. The first-order chi connectivity index (χ1) is 9.24. The maximum Gasteiger partial charge on any atom is 0.258 e. The maximum absolute atomic E-state index is 9.52. The smallest absolute Gasteiger partial charge is 0.258 e. The Morgan fingerprint density at radius 1 is 1.37 bits per heavy atom. The fourth-order valence-corrected chi connectivity index (χ4v) is 1.55. The normalized spacial score (nSPS) is 10.6. The minimum absolute atomic E-state index is 0.0669. The highest BCUT2D eigenvalue weighted by Crippen LogP contribution is 2.30. The van der Waals surface area contributed by atoms with Crippen molar-refractivity contribution in [2.45, 2.75) is 20.0 Å². The Morgan fingerprint density at radius 2 is 2.21 bits per heavy atom. The lowest BCUT2D eigenvalue weighted by molar-refractivity contribution is 0.114. The number of phenolic OH excluding ortho intramolecular Hbond substituents is 1. The molecule has 6 nitrogen and oxygen atoms in total. The van der Waals surface area contributed by atoms with Crippen LogP contribution in [-0.2, 0) is 11.3 Å². The number of ether oxygens (including phenoxy) is 2. The number of aromatic hydroxyl groups is 1. The van der Waals surface area contributed by atoms with Crippen LogP contribution in [0.1, 0.15) is 19.2 Å². The predicted octanol–water partition coefficient (Wildman–Crippen LogP) is 2.38. The minimum Gasteiger partial charge on any atom is -0.504 e. The van der Waals surface area contributed by atoms with Crippen LogP contribution in [0.2, 0.25) is 0 Å². The average Bonchev–Trinajstić information content (AvgIpc) is 2.88. The topological polar surface area (TPSA) is 77.6 Å². The van der Waals surface area contributed by atoms with Crippen molar-refractivity contribution in [3.05, 3.63) is 24.0 Å². The summed E-state index contributed by atoms with van der Waals surface area (Å²) >= 11 is 0. The molecule has 1 aromatic carbocycles. The lowest BCUT2D eigenvalue weighted by Crippen LogP contribution is -1.95. The lowest BCUT2D eigenvalue weighted by Gasteiger charge is -2.03.